The zero-order valence-electron chi connectivity index (χ0n) is 16.2. The summed E-state index contributed by atoms with van der Waals surface area (Å²) in [6.45, 7) is 6.28. The van der Waals surface area contributed by atoms with Crippen molar-refractivity contribution < 1.29 is 4.79 Å². The molecule has 0 bridgehead atoms. The SMILES string of the molecule is CCCN(CCC)C(=O)CSc1nc2ccsc2c(=O)n1CCc1cccs1. The number of nitrogens with zero attached hydrogens (tertiary/aromatic N) is 3. The van der Waals surface area contributed by atoms with Crippen LogP contribution >= 0.6 is 34.4 Å². The van der Waals surface area contributed by atoms with E-state index in [1.165, 1.54) is 28.0 Å². The third-order valence-corrected chi connectivity index (χ3v) is 7.15. The van der Waals surface area contributed by atoms with Crippen LogP contribution in [0.15, 0.2) is 38.9 Å². The maximum absolute atomic E-state index is 13.0. The molecule has 0 radical (unpaired) electrons. The van der Waals surface area contributed by atoms with Crippen LogP contribution in [0.3, 0.4) is 0 Å². The fourth-order valence-corrected chi connectivity index (χ4v) is 5.43. The van der Waals surface area contributed by atoms with Crippen molar-refractivity contribution in [1.82, 2.24) is 14.5 Å². The predicted molar refractivity (Wildman–Crippen MR) is 120 cm³/mol. The number of carbonyl (C=O) groups is 1. The van der Waals surface area contributed by atoms with E-state index in [0.29, 0.717) is 22.2 Å². The molecule has 0 fully saturated rings. The normalized spacial score (nSPS) is 11.2. The zero-order chi connectivity index (χ0) is 19.9. The van der Waals surface area contributed by atoms with E-state index in [1.807, 2.05) is 27.8 Å². The lowest BCUT2D eigenvalue weighted by molar-refractivity contribution is -0.128. The first-order chi connectivity index (χ1) is 13.6. The van der Waals surface area contributed by atoms with Crippen molar-refractivity contribution in [2.75, 3.05) is 18.8 Å². The number of carbonyl (C=O) groups excluding carboxylic acids is 1. The van der Waals surface area contributed by atoms with E-state index in [9.17, 15) is 9.59 Å². The van der Waals surface area contributed by atoms with Gasteiger partial charge in [-0.05, 0) is 42.2 Å². The molecule has 1 amide bonds. The molecule has 8 heteroatoms. The van der Waals surface area contributed by atoms with Crippen molar-refractivity contribution >= 4 is 50.6 Å². The van der Waals surface area contributed by atoms with Gasteiger partial charge < -0.3 is 4.90 Å². The summed E-state index contributed by atoms with van der Waals surface area (Å²) in [5.41, 5.74) is 0.710. The van der Waals surface area contributed by atoms with Gasteiger partial charge in [0.2, 0.25) is 5.91 Å². The molecule has 0 aliphatic heterocycles. The fourth-order valence-electron chi connectivity index (χ4n) is 3.03. The lowest BCUT2D eigenvalue weighted by atomic mass is 10.3. The van der Waals surface area contributed by atoms with E-state index in [-0.39, 0.29) is 11.5 Å². The van der Waals surface area contributed by atoms with Crippen LogP contribution in [-0.4, -0.2) is 39.2 Å². The molecule has 0 saturated carbocycles. The van der Waals surface area contributed by atoms with Gasteiger partial charge in [-0.1, -0.05) is 31.7 Å². The monoisotopic (exact) mass is 435 g/mol. The van der Waals surface area contributed by atoms with Gasteiger partial charge in [-0.3, -0.25) is 14.2 Å². The second-order valence-electron chi connectivity index (χ2n) is 6.48. The molecule has 28 heavy (non-hydrogen) atoms. The Hall–Kier alpha value is -1.64. The number of aryl methyl sites for hydroxylation is 1. The Labute approximate surface area is 177 Å². The number of fused-ring (bicyclic) bond motifs is 1. The molecule has 3 heterocycles. The van der Waals surface area contributed by atoms with Gasteiger partial charge >= 0.3 is 0 Å². The molecule has 0 aliphatic carbocycles. The minimum absolute atomic E-state index is 0.00882. The average Bonchev–Trinajstić information content (AvgIpc) is 3.37. The lowest BCUT2D eigenvalue weighted by Crippen LogP contribution is -2.34. The van der Waals surface area contributed by atoms with Gasteiger partial charge in [-0.15, -0.1) is 22.7 Å². The minimum Gasteiger partial charge on any atom is -0.342 e. The van der Waals surface area contributed by atoms with Crippen LogP contribution in [0, 0.1) is 0 Å². The van der Waals surface area contributed by atoms with Crippen LogP contribution in [0.4, 0.5) is 0 Å². The molecule has 0 N–H and O–H groups in total. The lowest BCUT2D eigenvalue weighted by Gasteiger charge is -2.21. The summed E-state index contributed by atoms with van der Waals surface area (Å²) in [4.78, 5) is 33.5. The van der Waals surface area contributed by atoms with E-state index in [2.05, 4.69) is 24.9 Å². The summed E-state index contributed by atoms with van der Waals surface area (Å²) < 4.78 is 2.42. The Kier molecular flexibility index (Phi) is 7.70. The summed E-state index contributed by atoms with van der Waals surface area (Å²) in [7, 11) is 0. The Bertz CT molecular complexity index is 957. The van der Waals surface area contributed by atoms with E-state index in [4.69, 9.17) is 0 Å². The second-order valence-corrected chi connectivity index (χ2v) is 9.38. The van der Waals surface area contributed by atoms with Crippen molar-refractivity contribution in [1.29, 1.82) is 0 Å². The second kappa shape index (κ2) is 10.2. The first-order valence-corrected chi connectivity index (χ1v) is 12.3. The standard InChI is InChI=1S/C20H25N3O2S3/c1-3-9-22(10-4-2)17(24)14-28-20-21-16-8-13-27-18(16)19(25)23(20)11-7-15-6-5-12-26-15/h5-6,8,12-13H,3-4,7,9-11,14H2,1-2H3. The number of amides is 1. The molecule has 0 spiro atoms. The van der Waals surface area contributed by atoms with Crippen LogP contribution in [0.5, 0.6) is 0 Å². The van der Waals surface area contributed by atoms with Gasteiger partial charge in [0.1, 0.15) is 4.70 Å². The molecule has 0 aliphatic rings. The molecule has 150 valence electrons. The molecule has 0 saturated heterocycles. The molecule has 3 aromatic heterocycles. The third kappa shape index (κ3) is 5.04. The van der Waals surface area contributed by atoms with E-state index in [0.717, 1.165) is 37.9 Å². The molecule has 3 aromatic rings. The predicted octanol–water partition coefficient (Wildman–Crippen LogP) is 4.50. The highest BCUT2D eigenvalue weighted by atomic mass is 32.2. The number of hydrogen-bond donors (Lipinski definition) is 0. The van der Waals surface area contributed by atoms with E-state index < -0.39 is 0 Å². The molecule has 0 atom stereocenters. The molecule has 0 aromatic carbocycles. The quantitative estimate of drug-likeness (QED) is 0.347. The molecular weight excluding hydrogens is 410 g/mol. The third-order valence-electron chi connectivity index (χ3n) is 4.36. The van der Waals surface area contributed by atoms with Crippen LogP contribution < -0.4 is 5.56 Å². The Balaban J connectivity index is 1.81. The van der Waals surface area contributed by atoms with Crippen LogP contribution in [-0.2, 0) is 17.8 Å². The van der Waals surface area contributed by atoms with E-state index >= 15 is 0 Å². The van der Waals surface area contributed by atoms with Gasteiger partial charge in [0.25, 0.3) is 5.56 Å². The highest BCUT2D eigenvalue weighted by Gasteiger charge is 2.17. The van der Waals surface area contributed by atoms with Gasteiger partial charge in [0.15, 0.2) is 5.16 Å². The maximum atomic E-state index is 13.0. The van der Waals surface area contributed by atoms with Gasteiger partial charge in [0, 0.05) is 24.5 Å². The van der Waals surface area contributed by atoms with Gasteiger partial charge in [-0.2, -0.15) is 0 Å². The molecular formula is C20H25N3O2S3. The largest absolute Gasteiger partial charge is 0.342 e. The smallest absolute Gasteiger partial charge is 0.272 e. The number of thioether (sulfide) groups is 1. The minimum atomic E-state index is -0.00882. The summed E-state index contributed by atoms with van der Waals surface area (Å²) >= 11 is 4.49. The summed E-state index contributed by atoms with van der Waals surface area (Å²) in [6.07, 6.45) is 2.68. The first kappa shape index (κ1) is 21.1. The maximum Gasteiger partial charge on any atom is 0.272 e. The summed E-state index contributed by atoms with van der Waals surface area (Å²) in [6, 6.07) is 5.97. The Morgan fingerprint density at radius 1 is 1.18 bits per heavy atom. The highest BCUT2D eigenvalue weighted by molar-refractivity contribution is 7.99. The topological polar surface area (TPSA) is 55.2 Å². The number of aromatic nitrogens is 2. The number of rotatable bonds is 10. The van der Waals surface area contributed by atoms with E-state index in [1.54, 1.807) is 15.9 Å². The molecule has 5 nitrogen and oxygen atoms in total. The zero-order valence-corrected chi connectivity index (χ0v) is 18.7. The van der Waals surface area contributed by atoms with Crippen molar-refractivity contribution in [3.05, 3.63) is 44.2 Å². The first-order valence-electron chi connectivity index (χ1n) is 9.55. The highest BCUT2D eigenvalue weighted by Crippen LogP contribution is 2.22. The van der Waals surface area contributed by atoms with Gasteiger partial charge in [0.05, 0.1) is 11.3 Å². The fraction of sp³-hybridized carbons (Fsp3) is 0.450. The molecule has 0 unspecified atom stereocenters. The van der Waals surface area contributed by atoms with Crippen molar-refractivity contribution in [2.24, 2.45) is 0 Å². The molecule has 3 rings (SSSR count). The van der Waals surface area contributed by atoms with Gasteiger partial charge in [-0.25, -0.2) is 4.98 Å². The van der Waals surface area contributed by atoms with Crippen molar-refractivity contribution in [3.63, 3.8) is 0 Å². The Morgan fingerprint density at radius 2 is 1.96 bits per heavy atom. The van der Waals surface area contributed by atoms with Crippen molar-refractivity contribution in [2.45, 2.75) is 44.8 Å². The van der Waals surface area contributed by atoms with Crippen molar-refractivity contribution in [3.8, 4) is 0 Å². The number of thiophene rings is 2. The average molecular weight is 436 g/mol. The van der Waals surface area contributed by atoms with Crippen LogP contribution in [0.2, 0.25) is 0 Å². The summed E-state index contributed by atoms with van der Waals surface area (Å²) in [5, 5.41) is 4.57. The summed E-state index contributed by atoms with van der Waals surface area (Å²) in [5.74, 6) is 0.416. The van der Waals surface area contributed by atoms with Crippen LogP contribution in [0.25, 0.3) is 10.2 Å². The van der Waals surface area contributed by atoms with Crippen LogP contribution in [0.1, 0.15) is 31.6 Å². The number of hydrogen-bond acceptors (Lipinski definition) is 6. The Morgan fingerprint density at radius 3 is 2.64 bits per heavy atom.